The molecule has 0 saturated heterocycles. The number of carboxylic acids is 1. The lowest BCUT2D eigenvalue weighted by molar-refractivity contribution is -0.137. The number of benzene rings is 1. The quantitative estimate of drug-likeness (QED) is 0.845. The summed E-state index contributed by atoms with van der Waals surface area (Å²) in [7, 11) is -3.80. The fourth-order valence-corrected chi connectivity index (χ4v) is 3.78. The molecule has 0 spiro atoms. The van der Waals surface area contributed by atoms with Crippen LogP contribution in [0.4, 0.5) is 0 Å². The predicted octanol–water partition coefficient (Wildman–Crippen LogP) is 1.42. The van der Waals surface area contributed by atoms with Crippen LogP contribution in [0.1, 0.15) is 19.4 Å². The molecule has 2 N–H and O–H groups in total. The second kappa shape index (κ2) is 5.39. The van der Waals surface area contributed by atoms with Crippen LogP contribution in [-0.2, 0) is 20.4 Å². The Labute approximate surface area is 106 Å². The molecule has 0 aliphatic heterocycles. The number of phenolic OH excluding ortho intramolecular Hbond substituents is 1. The van der Waals surface area contributed by atoms with Crippen LogP contribution in [0.5, 0.6) is 5.75 Å². The number of sulfone groups is 1. The van der Waals surface area contributed by atoms with E-state index < -0.39 is 32.7 Å². The molecule has 0 fully saturated rings. The van der Waals surface area contributed by atoms with Crippen LogP contribution in [0.15, 0.2) is 24.3 Å². The Hall–Kier alpha value is -1.56. The number of hydrogen-bond donors (Lipinski definition) is 2. The molecule has 0 saturated carbocycles. The summed E-state index contributed by atoms with van der Waals surface area (Å²) < 4.78 is 24.1. The van der Waals surface area contributed by atoms with Crippen LogP contribution in [0, 0.1) is 5.92 Å². The summed E-state index contributed by atoms with van der Waals surface area (Å²) in [5.74, 6) is -2.29. The molecule has 5 nitrogen and oxygen atoms in total. The summed E-state index contributed by atoms with van der Waals surface area (Å²) in [6.45, 7) is 3.11. The molecule has 1 aromatic rings. The topological polar surface area (TPSA) is 91.7 Å². The molecule has 6 heteroatoms. The molecule has 1 unspecified atom stereocenters. The van der Waals surface area contributed by atoms with E-state index in [4.69, 9.17) is 5.11 Å². The lowest BCUT2D eigenvalue weighted by atomic mass is 10.1. The van der Waals surface area contributed by atoms with Crippen molar-refractivity contribution in [1.82, 2.24) is 0 Å². The molecule has 1 atom stereocenters. The highest BCUT2D eigenvalue weighted by molar-refractivity contribution is 7.92. The van der Waals surface area contributed by atoms with Crippen LogP contribution >= 0.6 is 0 Å². The number of hydrogen-bond acceptors (Lipinski definition) is 4. The van der Waals surface area contributed by atoms with Gasteiger partial charge < -0.3 is 10.2 Å². The van der Waals surface area contributed by atoms with Crippen molar-refractivity contribution in [2.24, 2.45) is 5.92 Å². The highest BCUT2D eigenvalue weighted by Gasteiger charge is 2.35. The molecule has 0 amide bonds. The summed E-state index contributed by atoms with van der Waals surface area (Å²) >= 11 is 0. The molecule has 0 aliphatic carbocycles. The van der Waals surface area contributed by atoms with Gasteiger partial charge in [-0.25, -0.2) is 8.42 Å². The third-order valence-corrected chi connectivity index (χ3v) is 4.77. The molecular weight excluding hydrogens is 256 g/mol. The number of carboxylic acid groups (broad SMARTS) is 1. The summed E-state index contributed by atoms with van der Waals surface area (Å²) in [6, 6.07) is 5.80. The van der Waals surface area contributed by atoms with Crippen molar-refractivity contribution in [3.8, 4) is 5.75 Å². The minimum atomic E-state index is -3.80. The van der Waals surface area contributed by atoms with Gasteiger partial charge in [0.05, 0.1) is 5.75 Å². The van der Waals surface area contributed by atoms with Gasteiger partial charge in [0.1, 0.15) is 5.75 Å². The van der Waals surface area contributed by atoms with Crippen LogP contribution in [0.25, 0.3) is 0 Å². The fraction of sp³-hybridized carbons (Fsp3) is 0.417. The Kier molecular flexibility index (Phi) is 4.34. The molecule has 1 rings (SSSR count). The average Bonchev–Trinajstić information content (AvgIpc) is 2.13. The van der Waals surface area contributed by atoms with Crippen LogP contribution in [0.3, 0.4) is 0 Å². The maximum Gasteiger partial charge on any atom is 0.322 e. The van der Waals surface area contributed by atoms with Gasteiger partial charge in [-0.2, -0.15) is 0 Å². The molecule has 0 aliphatic rings. The Morgan fingerprint density at radius 2 is 1.94 bits per heavy atom. The summed E-state index contributed by atoms with van der Waals surface area (Å²) in [6.07, 6.45) is 0. The Bertz CT molecular complexity index is 533. The third-order valence-electron chi connectivity index (χ3n) is 2.51. The van der Waals surface area contributed by atoms with Crippen molar-refractivity contribution >= 4 is 15.8 Å². The number of aliphatic carboxylic acids is 1. The first-order valence-corrected chi connectivity index (χ1v) is 7.18. The number of carbonyl (C=O) groups is 1. The molecule has 100 valence electrons. The third kappa shape index (κ3) is 3.46. The molecule has 0 heterocycles. The summed E-state index contributed by atoms with van der Waals surface area (Å²) in [5.41, 5.74) is 0.377. The average molecular weight is 272 g/mol. The molecule has 18 heavy (non-hydrogen) atoms. The number of rotatable bonds is 5. The van der Waals surface area contributed by atoms with Gasteiger partial charge in [-0.15, -0.1) is 0 Å². The van der Waals surface area contributed by atoms with Crippen molar-refractivity contribution in [2.45, 2.75) is 24.9 Å². The van der Waals surface area contributed by atoms with Crippen molar-refractivity contribution in [3.63, 3.8) is 0 Å². The van der Waals surface area contributed by atoms with Gasteiger partial charge in [0.2, 0.25) is 0 Å². The number of aromatic hydroxyl groups is 1. The predicted molar refractivity (Wildman–Crippen MR) is 67.0 cm³/mol. The molecule has 0 aromatic heterocycles. The van der Waals surface area contributed by atoms with E-state index in [-0.39, 0.29) is 5.75 Å². The van der Waals surface area contributed by atoms with Crippen molar-refractivity contribution in [2.75, 3.05) is 0 Å². The second-order valence-electron chi connectivity index (χ2n) is 4.48. The van der Waals surface area contributed by atoms with E-state index in [1.54, 1.807) is 13.8 Å². The highest BCUT2D eigenvalue weighted by Crippen LogP contribution is 2.20. The Balaban J connectivity index is 3.04. The molecular formula is C12H16O5S. The minimum absolute atomic E-state index is 0.0425. The smallest absolute Gasteiger partial charge is 0.322 e. The van der Waals surface area contributed by atoms with E-state index in [0.29, 0.717) is 5.56 Å². The van der Waals surface area contributed by atoms with E-state index >= 15 is 0 Å². The normalized spacial score (nSPS) is 13.5. The standard InChI is InChI=1S/C12H16O5S/c1-8(2)11(12(14)15)18(16,17)7-9-4-3-5-10(13)6-9/h3-6,8,11,13H,7H2,1-2H3,(H,14,15). The van der Waals surface area contributed by atoms with Gasteiger partial charge in [-0.3, -0.25) is 4.79 Å². The van der Waals surface area contributed by atoms with Gasteiger partial charge >= 0.3 is 5.97 Å². The van der Waals surface area contributed by atoms with E-state index in [2.05, 4.69) is 0 Å². The lowest BCUT2D eigenvalue weighted by Crippen LogP contribution is -2.35. The molecule has 0 bridgehead atoms. The highest BCUT2D eigenvalue weighted by atomic mass is 32.2. The molecule has 1 aromatic carbocycles. The van der Waals surface area contributed by atoms with Gasteiger partial charge in [-0.1, -0.05) is 26.0 Å². The van der Waals surface area contributed by atoms with Crippen LogP contribution in [0.2, 0.25) is 0 Å². The van der Waals surface area contributed by atoms with Crippen LogP contribution in [-0.4, -0.2) is 29.9 Å². The first kappa shape index (κ1) is 14.5. The van der Waals surface area contributed by atoms with E-state index in [1.807, 2.05) is 0 Å². The zero-order valence-electron chi connectivity index (χ0n) is 10.2. The minimum Gasteiger partial charge on any atom is -0.508 e. The SMILES string of the molecule is CC(C)C(C(=O)O)S(=O)(=O)Cc1cccc(O)c1. The first-order valence-electron chi connectivity index (χ1n) is 5.46. The van der Waals surface area contributed by atoms with E-state index in [0.717, 1.165) is 0 Å². The van der Waals surface area contributed by atoms with E-state index in [1.165, 1.54) is 24.3 Å². The van der Waals surface area contributed by atoms with Crippen molar-refractivity contribution in [1.29, 1.82) is 0 Å². The molecule has 0 radical (unpaired) electrons. The summed E-state index contributed by atoms with van der Waals surface area (Å²) in [5, 5.41) is 16.8. The van der Waals surface area contributed by atoms with Gasteiger partial charge in [0.25, 0.3) is 0 Å². The first-order chi connectivity index (χ1) is 8.24. The fourth-order valence-electron chi connectivity index (χ4n) is 1.82. The Morgan fingerprint density at radius 3 is 2.39 bits per heavy atom. The van der Waals surface area contributed by atoms with E-state index in [9.17, 15) is 18.3 Å². The maximum absolute atomic E-state index is 12.0. The Morgan fingerprint density at radius 1 is 1.33 bits per heavy atom. The van der Waals surface area contributed by atoms with Crippen molar-refractivity contribution in [3.05, 3.63) is 29.8 Å². The van der Waals surface area contributed by atoms with Crippen LogP contribution < -0.4 is 0 Å². The van der Waals surface area contributed by atoms with Gasteiger partial charge in [0.15, 0.2) is 15.1 Å². The number of phenols is 1. The van der Waals surface area contributed by atoms with Gasteiger partial charge in [-0.05, 0) is 23.6 Å². The second-order valence-corrected chi connectivity index (χ2v) is 6.60. The van der Waals surface area contributed by atoms with Crippen molar-refractivity contribution < 1.29 is 23.4 Å². The zero-order chi connectivity index (χ0) is 13.9. The van der Waals surface area contributed by atoms with Gasteiger partial charge in [0, 0.05) is 0 Å². The monoisotopic (exact) mass is 272 g/mol. The zero-order valence-corrected chi connectivity index (χ0v) is 11.0. The lowest BCUT2D eigenvalue weighted by Gasteiger charge is -2.16. The largest absolute Gasteiger partial charge is 0.508 e. The summed E-state index contributed by atoms with van der Waals surface area (Å²) in [4.78, 5) is 11.0. The maximum atomic E-state index is 12.0.